The molecule has 0 aliphatic heterocycles. The van der Waals surface area contributed by atoms with Gasteiger partial charge in [-0.05, 0) is 23.3 Å². The highest BCUT2D eigenvalue weighted by atomic mass is 14.3. The first-order chi connectivity index (χ1) is 6.43. The average Bonchev–Trinajstić information content (AvgIpc) is 2.09. The summed E-state index contributed by atoms with van der Waals surface area (Å²) < 4.78 is 0. The van der Waals surface area contributed by atoms with Gasteiger partial charge in [0, 0.05) is 0 Å². The lowest BCUT2D eigenvalue weighted by Crippen LogP contribution is -2.18. The maximum atomic E-state index is 2.35. The molecule has 0 aliphatic carbocycles. The third kappa shape index (κ3) is 4.69. The standard InChI is InChI=1S/C13H25B/c1-6-8-12(9-7-10-14)11(2)13(3,4)5/h7-9,11H,6,10,14H2,1-5H3/b9-7-,12-8+. The largest absolute Gasteiger partial charge is 0.106 e. The zero-order chi connectivity index (χ0) is 11.2. The summed E-state index contributed by atoms with van der Waals surface area (Å²) in [5, 5.41) is 0. The van der Waals surface area contributed by atoms with Crippen molar-refractivity contribution in [1.82, 2.24) is 0 Å². The van der Waals surface area contributed by atoms with Gasteiger partial charge in [-0.3, -0.25) is 0 Å². The molecule has 0 saturated heterocycles. The normalized spacial score (nSPS) is 16.2. The Kier molecular flexibility index (Phi) is 5.91. The minimum absolute atomic E-state index is 0.360. The molecule has 0 radical (unpaired) electrons. The van der Waals surface area contributed by atoms with E-state index in [1.54, 1.807) is 0 Å². The fourth-order valence-corrected chi connectivity index (χ4v) is 1.38. The van der Waals surface area contributed by atoms with E-state index in [0.717, 1.165) is 12.7 Å². The molecule has 0 aromatic heterocycles. The van der Waals surface area contributed by atoms with Crippen molar-refractivity contribution >= 4 is 7.85 Å². The summed E-state index contributed by atoms with van der Waals surface area (Å²) in [6.07, 6.45) is 9.15. The minimum atomic E-state index is 0.360. The molecule has 0 aliphatic rings. The van der Waals surface area contributed by atoms with Gasteiger partial charge in [-0.25, -0.2) is 0 Å². The SMILES string of the molecule is BC/C=C\C(=C/CC)C(C)C(C)(C)C. The number of hydrogen-bond donors (Lipinski definition) is 0. The van der Waals surface area contributed by atoms with Gasteiger partial charge >= 0.3 is 0 Å². The first-order valence-electron chi connectivity index (χ1n) is 5.80. The summed E-state index contributed by atoms with van der Waals surface area (Å²) in [4.78, 5) is 0. The molecule has 0 aromatic rings. The first-order valence-corrected chi connectivity index (χ1v) is 5.80. The van der Waals surface area contributed by atoms with Crippen molar-refractivity contribution in [2.24, 2.45) is 11.3 Å². The van der Waals surface area contributed by atoms with E-state index in [2.05, 4.69) is 60.7 Å². The summed E-state index contributed by atoms with van der Waals surface area (Å²) in [5.74, 6) is 0.630. The van der Waals surface area contributed by atoms with Gasteiger partial charge in [0.05, 0.1) is 0 Å². The highest BCUT2D eigenvalue weighted by molar-refractivity contribution is 6.09. The van der Waals surface area contributed by atoms with E-state index in [9.17, 15) is 0 Å². The van der Waals surface area contributed by atoms with Crippen LogP contribution in [0.3, 0.4) is 0 Å². The molecule has 0 rings (SSSR count). The third-order valence-corrected chi connectivity index (χ3v) is 2.78. The summed E-state index contributed by atoms with van der Waals surface area (Å²) in [7, 11) is 2.18. The molecule has 1 heteroatoms. The Balaban J connectivity index is 4.67. The smallest absolute Gasteiger partial charge is 0.0921 e. The molecule has 0 N–H and O–H groups in total. The van der Waals surface area contributed by atoms with Crippen LogP contribution in [0.4, 0.5) is 0 Å². The summed E-state index contributed by atoms with van der Waals surface area (Å²) in [6, 6.07) is 0. The summed E-state index contributed by atoms with van der Waals surface area (Å²) in [6.45, 7) is 11.4. The molecule has 1 atom stereocenters. The Morgan fingerprint density at radius 2 is 1.93 bits per heavy atom. The minimum Gasteiger partial charge on any atom is -0.0921 e. The Labute approximate surface area is 90.9 Å². The Hall–Kier alpha value is -0.455. The molecule has 0 saturated carbocycles. The van der Waals surface area contributed by atoms with Crippen LogP contribution in [0.25, 0.3) is 0 Å². The van der Waals surface area contributed by atoms with E-state index in [4.69, 9.17) is 0 Å². The van der Waals surface area contributed by atoms with Crippen molar-refractivity contribution in [2.75, 3.05) is 0 Å². The second-order valence-corrected chi connectivity index (χ2v) is 5.01. The van der Waals surface area contributed by atoms with E-state index < -0.39 is 0 Å². The molecule has 14 heavy (non-hydrogen) atoms. The van der Waals surface area contributed by atoms with Gasteiger partial charge in [0.1, 0.15) is 7.85 Å². The topological polar surface area (TPSA) is 0 Å². The quantitative estimate of drug-likeness (QED) is 0.471. The van der Waals surface area contributed by atoms with E-state index in [1.165, 1.54) is 5.57 Å². The van der Waals surface area contributed by atoms with Gasteiger partial charge in [0.25, 0.3) is 0 Å². The highest BCUT2D eigenvalue weighted by Crippen LogP contribution is 2.32. The lowest BCUT2D eigenvalue weighted by atomic mass is 9.77. The molecule has 0 aromatic carbocycles. The van der Waals surface area contributed by atoms with Crippen LogP contribution in [0.2, 0.25) is 6.32 Å². The third-order valence-electron chi connectivity index (χ3n) is 2.78. The van der Waals surface area contributed by atoms with Crippen molar-refractivity contribution in [3.05, 3.63) is 23.8 Å². The zero-order valence-corrected chi connectivity index (χ0v) is 10.7. The van der Waals surface area contributed by atoms with Crippen LogP contribution in [-0.2, 0) is 0 Å². The molecule has 0 fully saturated rings. The van der Waals surface area contributed by atoms with E-state index in [-0.39, 0.29) is 0 Å². The van der Waals surface area contributed by atoms with Crippen molar-refractivity contribution in [3.63, 3.8) is 0 Å². The van der Waals surface area contributed by atoms with Crippen molar-refractivity contribution in [3.8, 4) is 0 Å². The van der Waals surface area contributed by atoms with Gasteiger partial charge in [-0.2, -0.15) is 0 Å². The number of rotatable bonds is 4. The first kappa shape index (κ1) is 13.5. The predicted octanol–water partition coefficient (Wildman–Crippen LogP) is 3.61. The average molecular weight is 192 g/mol. The Morgan fingerprint density at radius 3 is 2.29 bits per heavy atom. The van der Waals surface area contributed by atoms with Gasteiger partial charge < -0.3 is 0 Å². The number of allylic oxidation sites excluding steroid dienone is 4. The zero-order valence-electron chi connectivity index (χ0n) is 10.7. The summed E-state index contributed by atoms with van der Waals surface area (Å²) >= 11 is 0. The number of hydrogen-bond acceptors (Lipinski definition) is 0. The van der Waals surface area contributed by atoms with Gasteiger partial charge in [0.15, 0.2) is 0 Å². The lowest BCUT2D eigenvalue weighted by molar-refractivity contribution is 0.304. The lowest BCUT2D eigenvalue weighted by Gasteiger charge is -2.28. The van der Waals surface area contributed by atoms with Crippen molar-refractivity contribution in [2.45, 2.75) is 47.4 Å². The van der Waals surface area contributed by atoms with Crippen LogP contribution < -0.4 is 0 Å². The highest BCUT2D eigenvalue weighted by Gasteiger charge is 2.21. The van der Waals surface area contributed by atoms with Crippen LogP contribution in [0, 0.1) is 11.3 Å². The van der Waals surface area contributed by atoms with Crippen LogP contribution in [0.1, 0.15) is 41.0 Å². The maximum absolute atomic E-state index is 2.35. The van der Waals surface area contributed by atoms with Crippen LogP contribution in [-0.4, -0.2) is 7.85 Å². The van der Waals surface area contributed by atoms with Crippen molar-refractivity contribution < 1.29 is 0 Å². The second kappa shape index (κ2) is 6.11. The predicted molar refractivity (Wildman–Crippen MR) is 69.5 cm³/mol. The van der Waals surface area contributed by atoms with Crippen LogP contribution in [0.15, 0.2) is 23.8 Å². The van der Waals surface area contributed by atoms with Gasteiger partial charge in [0.2, 0.25) is 0 Å². The fraction of sp³-hybridized carbons (Fsp3) is 0.692. The molecule has 1 unspecified atom stereocenters. The molecule has 0 bridgehead atoms. The summed E-state index contributed by atoms with van der Waals surface area (Å²) in [5.41, 5.74) is 1.85. The van der Waals surface area contributed by atoms with Crippen LogP contribution >= 0.6 is 0 Å². The molecular formula is C13H25B. The Morgan fingerprint density at radius 1 is 1.36 bits per heavy atom. The molecular weight excluding hydrogens is 167 g/mol. The van der Waals surface area contributed by atoms with Gasteiger partial charge in [-0.15, -0.1) is 0 Å². The molecule has 0 heterocycles. The monoisotopic (exact) mass is 192 g/mol. The van der Waals surface area contributed by atoms with Crippen LogP contribution in [0.5, 0.6) is 0 Å². The fourth-order valence-electron chi connectivity index (χ4n) is 1.38. The molecule has 0 amide bonds. The molecule has 0 spiro atoms. The van der Waals surface area contributed by atoms with E-state index >= 15 is 0 Å². The maximum Gasteiger partial charge on any atom is 0.106 e. The van der Waals surface area contributed by atoms with Gasteiger partial charge in [-0.1, -0.05) is 59.2 Å². The van der Waals surface area contributed by atoms with Crippen molar-refractivity contribution in [1.29, 1.82) is 0 Å². The van der Waals surface area contributed by atoms with E-state index in [1.807, 2.05) is 0 Å². The molecule has 80 valence electrons. The van der Waals surface area contributed by atoms with E-state index in [0.29, 0.717) is 11.3 Å². The Bertz CT molecular complexity index is 206. The molecule has 0 nitrogen and oxygen atoms in total. The second-order valence-electron chi connectivity index (χ2n) is 5.01.